The lowest BCUT2D eigenvalue weighted by Crippen LogP contribution is -2.43. The fourth-order valence-corrected chi connectivity index (χ4v) is 3.28. The molecular formula is C18H14N2O8. The molecule has 0 aliphatic carbocycles. The molecule has 0 N–H and O–H groups in total. The summed E-state index contributed by atoms with van der Waals surface area (Å²) in [4.78, 5) is 61.1. The number of amides is 4. The molecule has 0 aromatic heterocycles. The van der Waals surface area contributed by atoms with E-state index in [1.165, 1.54) is 38.5 Å². The van der Waals surface area contributed by atoms with E-state index in [9.17, 15) is 19.2 Å². The maximum atomic E-state index is 12.7. The highest BCUT2D eigenvalue weighted by Crippen LogP contribution is 2.37. The van der Waals surface area contributed by atoms with E-state index >= 15 is 0 Å². The van der Waals surface area contributed by atoms with Crippen molar-refractivity contribution in [3.05, 3.63) is 46.5 Å². The van der Waals surface area contributed by atoms with Gasteiger partial charge in [0.2, 0.25) is 0 Å². The number of hydrogen-bond donors (Lipinski definition) is 0. The summed E-state index contributed by atoms with van der Waals surface area (Å²) in [6.45, 7) is -0.593. The lowest BCUT2D eigenvalue weighted by molar-refractivity contribution is -0.162. The number of carbonyl (C=O) groups is 4. The summed E-state index contributed by atoms with van der Waals surface area (Å²) >= 11 is 0. The van der Waals surface area contributed by atoms with Crippen molar-refractivity contribution >= 4 is 34.4 Å². The summed E-state index contributed by atoms with van der Waals surface area (Å²) in [5.41, 5.74) is 0.549. The Morgan fingerprint density at radius 1 is 0.607 bits per heavy atom. The van der Waals surface area contributed by atoms with Gasteiger partial charge in [0.25, 0.3) is 23.6 Å². The van der Waals surface area contributed by atoms with Gasteiger partial charge in [-0.05, 0) is 24.3 Å². The summed E-state index contributed by atoms with van der Waals surface area (Å²) in [5.74, 6) is -2.85. The highest BCUT2D eigenvalue weighted by atomic mass is 16.8. The Kier molecular flexibility index (Phi) is 4.40. The second-order valence-corrected chi connectivity index (χ2v) is 5.95. The Balaban J connectivity index is 1.91. The van der Waals surface area contributed by atoms with E-state index in [4.69, 9.17) is 19.1 Å². The Hall–Kier alpha value is -3.18. The third-order valence-corrected chi connectivity index (χ3v) is 4.42. The predicted molar refractivity (Wildman–Crippen MR) is 90.9 cm³/mol. The SMILES string of the molecule is COCON1C(=O)c2ccc3c4c(ccc(c24)C1=O)C(=O)N(OCOC)C3=O. The monoisotopic (exact) mass is 386 g/mol. The molecule has 0 saturated carbocycles. The van der Waals surface area contributed by atoms with E-state index in [1.807, 2.05) is 0 Å². The van der Waals surface area contributed by atoms with E-state index in [2.05, 4.69) is 0 Å². The van der Waals surface area contributed by atoms with Gasteiger partial charge >= 0.3 is 0 Å². The maximum absolute atomic E-state index is 12.7. The topological polar surface area (TPSA) is 112 Å². The van der Waals surface area contributed by atoms with Gasteiger partial charge in [0, 0.05) is 25.0 Å². The minimum absolute atomic E-state index is 0.137. The summed E-state index contributed by atoms with van der Waals surface area (Å²) < 4.78 is 9.50. The number of methoxy groups -OCH3 is 2. The molecule has 2 aromatic rings. The molecule has 4 amide bonds. The molecular weight excluding hydrogens is 372 g/mol. The first-order valence-corrected chi connectivity index (χ1v) is 8.12. The number of nitrogens with zero attached hydrogens (tertiary/aromatic N) is 2. The molecule has 10 heteroatoms. The third-order valence-electron chi connectivity index (χ3n) is 4.42. The quantitative estimate of drug-likeness (QED) is 0.536. The smallest absolute Gasteiger partial charge is 0.285 e. The summed E-state index contributed by atoms with van der Waals surface area (Å²) in [6.07, 6.45) is 0. The summed E-state index contributed by atoms with van der Waals surface area (Å²) in [5, 5.41) is 1.66. The first-order valence-electron chi connectivity index (χ1n) is 8.12. The zero-order valence-corrected chi connectivity index (χ0v) is 14.9. The maximum Gasteiger partial charge on any atom is 0.285 e. The number of benzene rings is 2. The number of carbonyl (C=O) groups excluding carboxylic acids is 4. The Morgan fingerprint density at radius 2 is 0.893 bits per heavy atom. The zero-order valence-electron chi connectivity index (χ0n) is 14.9. The number of hydroxylamine groups is 4. The highest BCUT2D eigenvalue weighted by Gasteiger charge is 2.40. The molecule has 0 fully saturated rings. The van der Waals surface area contributed by atoms with Crippen LogP contribution in [-0.4, -0.2) is 61.6 Å². The summed E-state index contributed by atoms with van der Waals surface area (Å²) in [7, 11) is 2.71. The first kappa shape index (κ1) is 18.2. The van der Waals surface area contributed by atoms with Crippen LogP contribution in [0.3, 0.4) is 0 Å². The molecule has 4 rings (SSSR count). The van der Waals surface area contributed by atoms with Crippen molar-refractivity contribution < 1.29 is 38.3 Å². The van der Waals surface area contributed by atoms with E-state index in [1.54, 1.807) is 0 Å². The molecule has 0 spiro atoms. The van der Waals surface area contributed by atoms with Crippen LogP contribution < -0.4 is 0 Å². The van der Waals surface area contributed by atoms with Gasteiger partial charge in [-0.25, -0.2) is 9.68 Å². The molecule has 2 aliphatic heterocycles. The fraction of sp³-hybridized carbons (Fsp3) is 0.222. The molecule has 0 radical (unpaired) electrons. The van der Waals surface area contributed by atoms with Gasteiger partial charge in [-0.3, -0.25) is 19.2 Å². The standard InChI is InChI=1S/C18H14N2O8/c1-25-7-27-19-15(21)9-3-5-11-14-12(6-4-10(13(9)14)16(19)22)18(24)20(17(11)23)28-8-26-2/h3-6H,7-8H2,1-2H3. The second kappa shape index (κ2) is 6.77. The number of ether oxygens (including phenoxy) is 2. The van der Waals surface area contributed by atoms with Crippen LogP contribution in [0.2, 0.25) is 0 Å². The average Bonchev–Trinajstić information content (AvgIpc) is 2.70. The minimum Gasteiger partial charge on any atom is -0.356 e. The van der Waals surface area contributed by atoms with Gasteiger partial charge in [-0.2, -0.15) is 0 Å². The normalized spacial score (nSPS) is 15.8. The van der Waals surface area contributed by atoms with E-state index in [-0.39, 0.29) is 46.6 Å². The molecule has 2 heterocycles. The van der Waals surface area contributed by atoms with Crippen LogP contribution in [-0.2, 0) is 19.1 Å². The van der Waals surface area contributed by atoms with Gasteiger partial charge < -0.3 is 9.47 Å². The van der Waals surface area contributed by atoms with Gasteiger partial charge in [0.05, 0.1) is 22.3 Å². The largest absolute Gasteiger partial charge is 0.356 e. The lowest BCUT2D eigenvalue weighted by atomic mass is 9.87. The Morgan fingerprint density at radius 3 is 1.14 bits per heavy atom. The van der Waals surface area contributed by atoms with Crippen molar-refractivity contribution in [2.75, 3.05) is 27.8 Å². The average molecular weight is 386 g/mol. The van der Waals surface area contributed by atoms with Crippen molar-refractivity contribution in [2.24, 2.45) is 0 Å². The van der Waals surface area contributed by atoms with Crippen LogP contribution in [0.5, 0.6) is 0 Å². The van der Waals surface area contributed by atoms with E-state index < -0.39 is 23.6 Å². The number of imide groups is 2. The number of hydrogen-bond acceptors (Lipinski definition) is 8. The van der Waals surface area contributed by atoms with Gasteiger partial charge in [-0.1, -0.05) is 0 Å². The number of rotatable bonds is 6. The van der Waals surface area contributed by atoms with Crippen LogP contribution >= 0.6 is 0 Å². The highest BCUT2D eigenvalue weighted by molar-refractivity contribution is 6.32. The minimum atomic E-state index is -0.712. The van der Waals surface area contributed by atoms with E-state index in [0.29, 0.717) is 10.1 Å². The van der Waals surface area contributed by atoms with Crippen molar-refractivity contribution in [1.29, 1.82) is 0 Å². The molecule has 0 bridgehead atoms. The predicted octanol–water partition coefficient (Wildman–Crippen LogP) is 1.10. The van der Waals surface area contributed by atoms with Crippen molar-refractivity contribution in [1.82, 2.24) is 10.1 Å². The van der Waals surface area contributed by atoms with Crippen LogP contribution in [0.1, 0.15) is 41.4 Å². The van der Waals surface area contributed by atoms with E-state index in [0.717, 1.165) is 0 Å². The Bertz CT molecular complexity index is 894. The molecule has 144 valence electrons. The van der Waals surface area contributed by atoms with Crippen LogP contribution in [0.25, 0.3) is 10.8 Å². The zero-order chi connectivity index (χ0) is 20.0. The van der Waals surface area contributed by atoms with Gasteiger partial charge in [0.1, 0.15) is 0 Å². The van der Waals surface area contributed by atoms with Crippen LogP contribution in [0, 0.1) is 0 Å². The summed E-state index contributed by atoms with van der Waals surface area (Å²) in [6, 6.07) is 5.63. The molecule has 0 saturated heterocycles. The molecule has 0 atom stereocenters. The van der Waals surface area contributed by atoms with Crippen molar-refractivity contribution in [3.63, 3.8) is 0 Å². The van der Waals surface area contributed by atoms with Crippen molar-refractivity contribution in [2.45, 2.75) is 0 Å². The third kappa shape index (κ3) is 2.43. The first-order chi connectivity index (χ1) is 13.5. The second-order valence-electron chi connectivity index (χ2n) is 5.95. The molecule has 10 nitrogen and oxygen atoms in total. The fourth-order valence-electron chi connectivity index (χ4n) is 3.28. The molecule has 2 aromatic carbocycles. The van der Waals surface area contributed by atoms with Gasteiger partial charge in [0.15, 0.2) is 13.6 Å². The van der Waals surface area contributed by atoms with Crippen LogP contribution in [0.15, 0.2) is 24.3 Å². The molecule has 28 heavy (non-hydrogen) atoms. The molecule has 2 aliphatic rings. The van der Waals surface area contributed by atoms with Crippen LogP contribution in [0.4, 0.5) is 0 Å². The van der Waals surface area contributed by atoms with Crippen molar-refractivity contribution in [3.8, 4) is 0 Å². The van der Waals surface area contributed by atoms with Gasteiger partial charge in [-0.15, -0.1) is 10.1 Å². The lowest BCUT2D eigenvalue weighted by Gasteiger charge is -2.30. The molecule has 0 unspecified atom stereocenters. The Labute approximate surface area is 158 Å².